The molecule has 0 heterocycles. The van der Waals surface area contributed by atoms with Crippen LogP contribution in [-0.4, -0.2) is 12.5 Å². The molecule has 1 aliphatic carbocycles. The number of hydrogen-bond donors (Lipinski definition) is 1. The van der Waals surface area contributed by atoms with Gasteiger partial charge in [0.25, 0.3) is 0 Å². The summed E-state index contributed by atoms with van der Waals surface area (Å²) in [6, 6.07) is 0. The molecule has 1 unspecified atom stereocenters. The van der Waals surface area contributed by atoms with Crippen LogP contribution >= 0.6 is 0 Å². The monoisotopic (exact) mass is 225 g/mol. The lowest BCUT2D eigenvalue weighted by Gasteiger charge is -2.25. The Morgan fingerprint density at radius 3 is 2.44 bits per heavy atom. The Morgan fingerprint density at radius 2 is 2.00 bits per heavy atom. The van der Waals surface area contributed by atoms with Crippen molar-refractivity contribution in [1.82, 2.24) is 5.32 Å². The van der Waals surface area contributed by atoms with Crippen LogP contribution < -0.4 is 5.32 Å². The fraction of sp³-hybridized carbons (Fsp3) is 0.929. The van der Waals surface area contributed by atoms with E-state index in [0.717, 1.165) is 25.3 Å². The quantitative estimate of drug-likeness (QED) is 0.738. The van der Waals surface area contributed by atoms with Gasteiger partial charge < -0.3 is 5.32 Å². The van der Waals surface area contributed by atoms with Gasteiger partial charge in [-0.2, -0.15) is 0 Å². The molecule has 1 aliphatic rings. The van der Waals surface area contributed by atoms with Crippen molar-refractivity contribution in [1.29, 1.82) is 0 Å². The smallest absolute Gasteiger partial charge is 0.223 e. The summed E-state index contributed by atoms with van der Waals surface area (Å²) in [5.41, 5.74) is 0.249. The molecule has 1 atom stereocenters. The zero-order chi connectivity index (χ0) is 12.2. The molecule has 2 nitrogen and oxygen atoms in total. The van der Waals surface area contributed by atoms with Crippen molar-refractivity contribution >= 4 is 5.91 Å². The number of amides is 1. The first kappa shape index (κ1) is 13.5. The average molecular weight is 225 g/mol. The molecule has 0 aromatic heterocycles. The van der Waals surface area contributed by atoms with Crippen LogP contribution in [-0.2, 0) is 4.79 Å². The van der Waals surface area contributed by atoms with Gasteiger partial charge in [-0.25, -0.2) is 0 Å². The van der Waals surface area contributed by atoms with E-state index in [1.807, 2.05) is 6.92 Å². The van der Waals surface area contributed by atoms with Crippen molar-refractivity contribution in [2.75, 3.05) is 6.54 Å². The van der Waals surface area contributed by atoms with Crippen LogP contribution in [0.3, 0.4) is 0 Å². The number of carbonyl (C=O) groups excluding carboxylic acids is 1. The Labute approximate surface area is 100 Å². The van der Waals surface area contributed by atoms with Gasteiger partial charge in [0.15, 0.2) is 0 Å². The van der Waals surface area contributed by atoms with E-state index in [-0.39, 0.29) is 17.2 Å². The molecule has 1 saturated carbocycles. The fourth-order valence-corrected chi connectivity index (χ4v) is 2.23. The Hall–Kier alpha value is -0.530. The van der Waals surface area contributed by atoms with Gasteiger partial charge in [-0.15, -0.1) is 0 Å². The number of rotatable bonds is 6. The van der Waals surface area contributed by atoms with Crippen molar-refractivity contribution in [3.8, 4) is 0 Å². The number of carbonyl (C=O) groups is 1. The second kappa shape index (κ2) is 5.70. The fourth-order valence-electron chi connectivity index (χ4n) is 2.23. The van der Waals surface area contributed by atoms with Crippen LogP contribution in [0, 0.1) is 17.3 Å². The van der Waals surface area contributed by atoms with Crippen LogP contribution in [0.5, 0.6) is 0 Å². The molecule has 0 aromatic carbocycles. The zero-order valence-corrected chi connectivity index (χ0v) is 11.3. The van der Waals surface area contributed by atoms with Gasteiger partial charge >= 0.3 is 0 Å². The lowest BCUT2D eigenvalue weighted by molar-refractivity contribution is -0.126. The first-order valence-electron chi connectivity index (χ1n) is 6.70. The highest BCUT2D eigenvalue weighted by molar-refractivity contribution is 5.78. The molecule has 1 N–H and O–H groups in total. The maximum atomic E-state index is 11.9. The minimum Gasteiger partial charge on any atom is -0.356 e. The van der Waals surface area contributed by atoms with Crippen molar-refractivity contribution in [2.45, 2.75) is 59.8 Å². The van der Waals surface area contributed by atoms with Gasteiger partial charge in [-0.3, -0.25) is 4.79 Å². The summed E-state index contributed by atoms with van der Waals surface area (Å²) in [5, 5.41) is 2.97. The molecule has 1 fully saturated rings. The number of hydrogen-bond acceptors (Lipinski definition) is 1. The Balaban J connectivity index is 2.41. The molecule has 0 saturated heterocycles. The molecule has 0 aliphatic heterocycles. The third kappa shape index (κ3) is 5.53. The third-order valence-electron chi connectivity index (χ3n) is 3.20. The topological polar surface area (TPSA) is 29.1 Å². The summed E-state index contributed by atoms with van der Waals surface area (Å²) in [4.78, 5) is 11.9. The van der Waals surface area contributed by atoms with Gasteiger partial charge in [0.1, 0.15) is 0 Å². The molecule has 0 spiro atoms. The Morgan fingerprint density at radius 1 is 1.38 bits per heavy atom. The van der Waals surface area contributed by atoms with Crippen molar-refractivity contribution < 1.29 is 4.79 Å². The summed E-state index contributed by atoms with van der Waals surface area (Å²) in [6.45, 7) is 9.40. The molecular formula is C14H27NO. The molecular weight excluding hydrogens is 198 g/mol. The first-order chi connectivity index (χ1) is 7.42. The summed E-state index contributed by atoms with van der Waals surface area (Å²) in [7, 11) is 0. The van der Waals surface area contributed by atoms with Gasteiger partial charge in [-0.05, 0) is 37.5 Å². The number of nitrogens with one attached hydrogen (secondary N) is 1. The van der Waals surface area contributed by atoms with E-state index in [1.165, 1.54) is 19.3 Å². The predicted octanol–water partition coefficient (Wildman–Crippen LogP) is 3.37. The van der Waals surface area contributed by atoms with Gasteiger partial charge in [0.2, 0.25) is 5.91 Å². The van der Waals surface area contributed by atoms with E-state index >= 15 is 0 Å². The maximum Gasteiger partial charge on any atom is 0.223 e. The van der Waals surface area contributed by atoms with Crippen LogP contribution in [0.15, 0.2) is 0 Å². The molecule has 0 aromatic rings. The SMILES string of the molecule is CCNC(=O)C(CCC1CC1)CC(C)(C)C. The van der Waals surface area contributed by atoms with E-state index in [0.29, 0.717) is 0 Å². The van der Waals surface area contributed by atoms with Gasteiger partial charge in [0.05, 0.1) is 0 Å². The third-order valence-corrected chi connectivity index (χ3v) is 3.20. The summed E-state index contributed by atoms with van der Waals surface area (Å²) in [6.07, 6.45) is 6.10. The molecule has 16 heavy (non-hydrogen) atoms. The van der Waals surface area contributed by atoms with E-state index in [4.69, 9.17) is 0 Å². The molecule has 2 heteroatoms. The normalized spacial score (nSPS) is 18.2. The predicted molar refractivity (Wildman–Crippen MR) is 68.2 cm³/mol. The molecule has 0 radical (unpaired) electrons. The lowest BCUT2D eigenvalue weighted by atomic mass is 9.82. The lowest BCUT2D eigenvalue weighted by Crippen LogP contribution is -2.32. The van der Waals surface area contributed by atoms with Crippen LogP contribution in [0.25, 0.3) is 0 Å². The molecule has 1 rings (SSSR count). The van der Waals surface area contributed by atoms with Crippen LogP contribution in [0.1, 0.15) is 59.8 Å². The van der Waals surface area contributed by atoms with Crippen molar-refractivity contribution in [2.24, 2.45) is 17.3 Å². The molecule has 1 amide bonds. The summed E-state index contributed by atoms with van der Waals surface area (Å²) < 4.78 is 0. The largest absolute Gasteiger partial charge is 0.356 e. The van der Waals surface area contributed by atoms with E-state index in [9.17, 15) is 4.79 Å². The second-order valence-corrected chi connectivity index (χ2v) is 6.38. The Bertz CT molecular complexity index is 225. The minimum absolute atomic E-state index is 0.223. The zero-order valence-electron chi connectivity index (χ0n) is 11.3. The minimum atomic E-state index is 0.223. The maximum absolute atomic E-state index is 11.9. The van der Waals surface area contributed by atoms with Crippen LogP contribution in [0.2, 0.25) is 0 Å². The summed E-state index contributed by atoms with van der Waals surface area (Å²) in [5.74, 6) is 1.41. The van der Waals surface area contributed by atoms with E-state index in [1.54, 1.807) is 0 Å². The van der Waals surface area contributed by atoms with Gasteiger partial charge in [-0.1, -0.05) is 33.6 Å². The highest BCUT2D eigenvalue weighted by atomic mass is 16.1. The highest BCUT2D eigenvalue weighted by Gasteiger charge is 2.28. The first-order valence-corrected chi connectivity index (χ1v) is 6.70. The molecule has 0 bridgehead atoms. The second-order valence-electron chi connectivity index (χ2n) is 6.38. The van der Waals surface area contributed by atoms with E-state index in [2.05, 4.69) is 26.1 Å². The van der Waals surface area contributed by atoms with Crippen LogP contribution in [0.4, 0.5) is 0 Å². The summed E-state index contributed by atoms with van der Waals surface area (Å²) >= 11 is 0. The van der Waals surface area contributed by atoms with E-state index < -0.39 is 0 Å². The van der Waals surface area contributed by atoms with Gasteiger partial charge in [0, 0.05) is 12.5 Å². The van der Waals surface area contributed by atoms with Crippen molar-refractivity contribution in [3.63, 3.8) is 0 Å². The molecule has 94 valence electrons. The standard InChI is InChI=1S/C14H27NO/c1-5-15-13(16)12(10-14(2,3)4)9-8-11-6-7-11/h11-12H,5-10H2,1-4H3,(H,15,16). The Kier molecular flexibility index (Phi) is 4.82. The van der Waals surface area contributed by atoms with Crippen molar-refractivity contribution in [3.05, 3.63) is 0 Å². The highest BCUT2D eigenvalue weighted by Crippen LogP contribution is 2.36. The average Bonchev–Trinajstić information content (AvgIpc) is 2.94.